The van der Waals surface area contributed by atoms with Gasteiger partial charge in [0.2, 0.25) is 0 Å². The van der Waals surface area contributed by atoms with Crippen LogP contribution in [0.3, 0.4) is 0 Å². The average Bonchev–Trinajstić information content (AvgIpc) is 2.63. The van der Waals surface area contributed by atoms with Gasteiger partial charge in [-0.2, -0.15) is 0 Å². The van der Waals surface area contributed by atoms with Crippen LogP contribution < -0.4 is 0 Å². The standard InChI is InChI=1S/C11H22N2O/c1-11-2-3-13(10-11)5-4-12-6-8-14-9-7-12/h11H,2-10H2,1H3/t11-/m0/s1. The molecule has 1 atom stereocenters. The largest absolute Gasteiger partial charge is 0.379 e. The molecule has 0 radical (unpaired) electrons. The molecule has 0 bridgehead atoms. The third kappa shape index (κ3) is 2.94. The van der Waals surface area contributed by atoms with Crippen LogP contribution in [0.4, 0.5) is 0 Å². The van der Waals surface area contributed by atoms with Crippen LogP contribution in [0.15, 0.2) is 0 Å². The summed E-state index contributed by atoms with van der Waals surface area (Å²) in [5, 5.41) is 0. The second kappa shape index (κ2) is 5.10. The van der Waals surface area contributed by atoms with Crippen molar-refractivity contribution in [2.24, 2.45) is 5.92 Å². The van der Waals surface area contributed by atoms with Crippen LogP contribution in [-0.2, 0) is 4.74 Å². The summed E-state index contributed by atoms with van der Waals surface area (Å²) in [7, 11) is 0. The lowest BCUT2D eigenvalue weighted by Crippen LogP contribution is -2.41. The van der Waals surface area contributed by atoms with Crippen molar-refractivity contribution in [2.75, 3.05) is 52.5 Å². The molecule has 82 valence electrons. The van der Waals surface area contributed by atoms with Gasteiger partial charge in [-0.15, -0.1) is 0 Å². The molecule has 0 saturated carbocycles. The molecule has 2 saturated heterocycles. The van der Waals surface area contributed by atoms with Gasteiger partial charge in [-0.25, -0.2) is 0 Å². The third-order valence-corrected chi connectivity index (χ3v) is 3.34. The van der Waals surface area contributed by atoms with Crippen LogP contribution >= 0.6 is 0 Å². The van der Waals surface area contributed by atoms with E-state index in [1.807, 2.05) is 0 Å². The van der Waals surface area contributed by atoms with Crippen molar-refractivity contribution in [1.29, 1.82) is 0 Å². The Hall–Kier alpha value is -0.120. The van der Waals surface area contributed by atoms with E-state index in [0.29, 0.717) is 0 Å². The maximum atomic E-state index is 5.33. The molecular weight excluding hydrogens is 176 g/mol. The Morgan fingerprint density at radius 3 is 2.43 bits per heavy atom. The summed E-state index contributed by atoms with van der Waals surface area (Å²) in [5.41, 5.74) is 0. The zero-order valence-corrected chi connectivity index (χ0v) is 9.24. The highest BCUT2D eigenvalue weighted by Crippen LogP contribution is 2.14. The van der Waals surface area contributed by atoms with Crippen LogP contribution in [0, 0.1) is 5.92 Å². The number of nitrogens with zero attached hydrogens (tertiary/aromatic N) is 2. The summed E-state index contributed by atoms with van der Waals surface area (Å²) >= 11 is 0. The van der Waals surface area contributed by atoms with Gasteiger partial charge in [0.1, 0.15) is 0 Å². The summed E-state index contributed by atoms with van der Waals surface area (Å²) in [6, 6.07) is 0. The highest BCUT2D eigenvalue weighted by Gasteiger charge is 2.19. The van der Waals surface area contributed by atoms with E-state index in [1.165, 1.54) is 32.6 Å². The van der Waals surface area contributed by atoms with E-state index in [-0.39, 0.29) is 0 Å². The van der Waals surface area contributed by atoms with Gasteiger partial charge in [-0.1, -0.05) is 6.92 Å². The molecule has 0 amide bonds. The summed E-state index contributed by atoms with van der Waals surface area (Å²) in [6.07, 6.45) is 1.39. The molecule has 0 unspecified atom stereocenters. The second-order valence-electron chi connectivity index (χ2n) is 4.65. The molecule has 0 aliphatic carbocycles. The average molecular weight is 198 g/mol. The number of hydrogen-bond donors (Lipinski definition) is 0. The van der Waals surface area contributed by atoms with Crippen molar-refractivity contribution in [3.05, 3.63) is 0 Å². The summed E-state index contributed by atoms with van der Waals surface area (Å²) in [6.45, 7) is 11.6. The van der Waals surface area contributed by atoms with Crippen LogP contribution in [0.5, 0.6) is 0 Å². The zero-order valence-electron chi connectivity index (χ0n) is 9.24. The maximum absolute atomic E-state index is 5.33. The van der Waals surface area contributed by atoms with Gasteiger partial charge >= 0.3 is 0 Å². The van der Waals surface area contributed by atoms with Crippen molar-refractivity contribution in [2.45, 2.75) is 13.3 Å². The Balaban J connectivity index is 1.61. The summed E-state index contributed by atoms with van der Waals surface area (Å²) < 4.78 is 5.33. The van der Waals surface area contributed by atoms with Gasteiger partial charge in [0, 0.05) is 32.7 Å². The first-order valence-electron chi connectivity index (χ1n) is 5.87. The topological polar surface area (TPSA) is 15.7 Å². The van der Waals surface area contributed by atoms with E-state index in [2.05, 4.69) is 16.7 Å². The number of hydrogen-bond acceptors (Lipinski definition) is 3. The minimum absolute atomic E-state index is 0.916. The second-order valence-corrected chi connectivity index (χ2v) is 4.65. The molecule has 2 rings (SSSR count). The summed E-state index contributed by atoms with van der Waals surface area (Å²) in [4.78, 5) is 5.12. The van der Waals surface area contributed by atoms with Gasteiger partial charge in [-0.05, 0) is 18.9 Å². The quantitative estimate of drug-likeness (QED) is 0.662. The lowest BCUT2D eigenvalue weighted by molar-refractivity contribution is 0.0343. The first-order chi connectivity index (χ1) is 6.84. The zero-order chi connectivity index (χ0) is 9.80. The van der Waals surface area contributed by atoms with Gasteiger partial charge in [0.05, 0.1) is 13.2 Å². The van der Waals surface area contributed by atoms with Crippen LogP contribution in [0.25, 0.3) is 0 Å². The maximum Gasteiger partial charge on any atom is 0.0594 e. The number of rotatable bonds is 3. The molecule has 0 aromatic heterocycles. The Kier molecular flexibility index (Phi) is 3.79. The van der Waals surface area contributed by atoms with Crippen LogP contribution in [-0.4, -0.2) is 62.3 Å². The normalized spacial score (nSPS) is 31.1. The molecule has 2 fully saturated rings. The van der Waals surface area contributed by atoms with E-state index >= 15 is 0 Å². The predicted octanol–water partition coefficient (Wildman–Crippen LogP) is 0.660. The van der Waals surface area contributed by atoms with E-state index in [9.17, 15) is 0 Å². The van der Waals surface area contributed by atoms with Crippen molar-refractivity contribution < 1.29 is 4.74 Å². The highest BCUT2D eigenvalue weighted by molar-refractivity contribution is 4.73. The van der Waals surface area contributed by atoms with Crippen molar-refractivity contribution in [3.8, 4) is 0 Å². The number of ether oxygens (including phenoxy) is 1. The third-order valence-electron chi connectivity index (χ3n) is 3.34. The smallest absolute Gasteiger partial charge is 0.0594 e. The molecule has 2 heterocycles. The van der Waals surface area contributed by atoms with E-state index in [4.69, 9.17) is 4.74 Å². The number of likely N-dealkylation sites (tertiary alicyclic amines) is 1. The Morgan fingerprint density at radius 2 is 1.79 bits per heavy atom. The Bertz CT molecular complexity index is 164. The van der Waals surface area contributed by atoms with Crippen molar-refractivity contribution in [3.63, 3.8) is 0 Å². The van der Waals surface area contributed by atoms with Crippen molar-refractivity contribution in [1.82, 2.24) is 9.80 Å². The summed E-state index contributed by atoms with van der Waals surface area (Å²) in [5.74, 6) is 0.916. The lowest BCUT2D eigenvalue weighted by Gasteiger charge is -2.28. The first kappa shape index (κ1) is 10.4. The molecule has 0 spiro atoms. The SMILES string of the molecule is C[C@H]1CCN(CCN2CCOCC2)C1. The fraction of sp³-hybridized carbons (Fsp3) is 1.00. The molecule has 14 heavy (non-hydrogen) atoms. The molecule has 0 N–H and O–H groups in total. The lowest BCUT2D eigenvalue weighted by atomic mass is 10.2. The van der Waals surface area contributed by atoms with Gasteiger partial charge in [-0.3, -0.25) is 4.90 Å². The van der Waals surface area contributed by atoms with E-state index in [1.54, 1.807) is 0 Å². The van der Waals surface area contributed by atoms with Crippen LogP contribution in [0.2, 0.25) is 0 Å². The first-order valence-corrected chi connectivity index (χ1v) is 5.87. The minimum Gasteiger partial charge on any atom is -0.379 e. The molecule has 0 aromatic rings. The fourth-order valence-corrected chi connectivity index (χ4v) is 2.34. The van der Waals surface area contributed by atoms with E-state index in [0.717, 1.165) is 32.2 Å². The minimum atomic E-state index is 0.916. The van der Waals surface area contributed by atoms with Gasteiger partial charge < -0.3 is 9.64 Å². The van der Waals surface area contributed by atoms with Crippen molar-refractivity contribution >= 4 is 0 Å². The molecule has 3 heteroatoms. The monoisotopic (exact) mass is 198 g/mol. The van der Waals surface area contributed by atoms with E-state index < -0.39 is 0 Å². The molecular formula is C11H22N2O. The molecule has 2 aliphatic heterocycles. The predicted molar refractivity (Wildman–Crippen MR) is 57.5 cm³/mol. The molecule has 3 nitrogen and oxygen atoms in total. The number of morpholine rings is 1. The van der Waals surface area contributed by atoms with Crippen LogP contribution in [0.1, 0.15) is 13.3 Å². The fourth-order valence-electron chi connectivity index (χ4n) is 2.34. The molecule has 2 aliphatic rings. The van der Waals surface area contributed by atoms with Gasteiger partial charge in [0.15, 0.2) is 0 Å². The Labute approximate surface area is 87.0 Å². The van der Waals surface area contributed by atoms with Gasteiger partial charge in [0.25, 0.3) is 0 Å². The molecule has 0 aromatic carbocycles. The Morgan fingerprint density at radius 1 is 1.07 bits per heavy atom. The highest BCUT2D eigenvalue weighted by atomic mass is 16.5.